The van der Waals surface area contributed by atoms with Crippen molar-refractivity contribution in [3.8, 4) is 11.8 Å². The van der Waals surface area contributed by atoms with Crippen molar-refractivity contribution < 1.29 is 5.11 Å². The Labute approximate surface area is 141 Å². The molecule has 23 heavy (non-hydrogen) atoms. The van der Waals surface area contributed by atoms with Crippen LogP contribution in [0.4, 0.5) is 0 Å². The predicted octanol–water partition coefficient (Wildman–Crippen LogP) is 5.47. The van der Waals surface area contributed by atoms with Gasteiger partial charge < -0.3 is 5.11 Å². The maximum absolute atomic E-state index is 9.02. The molecule has 1 nitrogen and oxygen atoms in total. The standard InChI is InChI=1S/C22H30O/c1-2-3-4-7-19-10-12-20(13-11-19)8-5-6-9-21-14-16-22(18-23)17-15-21/h5,8,14-17,19-20,23H,2-4,7,10-13,18H2,1H3/t19-,20-. The molecule has 2 rings (SSSR count). The van der Waals surface area contributed by atoms with Crippen molar-refractivity contribution >= 4 is 0 Å². The molecule has 1 saturated carbocycles. The summed E-state index contributed by atoms with van der Waals surface area (Å²) < 4.78 is 0. The molecule has 0 radical (unpaired) electrons. The highest BCUT2D eigenvalue weighted by molar-refractivity contribution is 5.38. The minimum Gasteiger partial charge on any atom is -0.392 e. The van der Waals surface area contributed by atoms with Gasteiger partial charge >= 0.3 is 0 Å². The molecule has 1 aromatic carbocycles. The van der Waals surface area contributed by atoms with E-state index < -0.39 is 0 Å². The number of hydrogen-bond acceptors (Lipinski definition) is 1. The first-order valence-electron chi connectivity index (χ1n) is 9.19. The van der Waals surface area contributed by atoms with E-state index in [-0.39, 0.29) is 6.61 Å². The average molecular weight is 310 g/mol. The molecule has 0 bridgehead atoms. The van der Waals surface area contributed by atoms with Crippen LogP contribution in [0.5, 0.6) is 0 Å². The zero-order valence-electron chi connectivity index (χ0n) is 14.4. The Morgan fingerprint density at radius 2 is 1.83 bits per heavy atom. The van der Waals surface area contributed by atoms with Crippen LogP contribution in [-0.4, -0.2) is 5.11 Å². The SMILES string of the molecule is CCCCC[C@H]1CC[C@H](C=CC#Cc2ccc(CO)cc2)CC1. The molecule has 0 heterocycles. The van der Waals surface area contributed by atoms with Gasteiger partial charge in [-0.15, -0.1) is 0 Å². The molecule has 0 unspecified atom stereocenters. The van der Waals surface area contributed by atoms with Crippen LogP contribution in [0, 0.1) is 23.7 Å². The largest absolute Gasteiger partial charge is 0.392 e. The Morgan fingerprint density at radius 3 is 2.48 bits per heavy atom. The second kappa shape index (κ2) is 10.3. The van der Waals surface area contributed by atoms with E-state index in [0.717, 1.165) is 23.0 Å². The Hall–Kier alpha value is -1.52. The van der Waals surface area contributed by atoms with E-state index in [0.29, 0.717) is 0 Å². The lowest BCUT2D eigenvalue weighted by Gasteiger charge is -2.26. The lowest BCUT2D eigenvalue weighted by atomic mass is 9.79. The second-order valence-electron chi connectivity index (χ2n) is 6.76. The zero-order chi connectivity index (χ0) is 16.3. The van der Waals surface area contributed by atoms with Crippen LogP contribution in [-0.2, 0) is 6.61 Å². The first kappa shape index (κ1) is 17.8. The highest BCUT2D eigenvalue weighted by atomic mass is 16.3. The molecule has 1 fully saturated rings. The number of hydrogen-bond donors (Lipinski definition) is 1. The van der Waals surface area contributed by atoms with Crippen LogP contribution in [0.25, 0.3) is 0 Å². The van der Waals surface area contributed by atoms with Crippen LogP contribution < -0.4 is 0 Å². The molecule has 1 heteroatoms. The maximum atomic E-state index is 9.02. The lowest BCUT2D eigenvalue weighted by molar-refractivity contribution is 0.282. The van der Waals surface area contributed by atoms with Crippen molar-refractivity contribution in [2.24, 2.45) is 11.8 Å². The van der Waals surface area contributed by atoms with E-state index in [1.807, 2.05) is 30.3 Å². The summed E-state index contributed by atoms with van der Waals surface area (Å²) in [7, 11) is 0. The summed E-state index contributed by atoms with van der Waals surface area (Å²) in [6.07, 6.45) is 15.4. The van der Waals surface area contributed by atoms with Gasteiger partial charge in [-0.2, -0.15) is 0 Å². The summed E-state index contributed by atoms with van der Waals surface area (Å²) in [5, 5.41) is 9.02. The normalized spacial score (nSPS) is 21.1. The molecule has 0 aliphatic heterocycles. The molecule has 1 aromatic rings. The molecule has 0 saturated heterocycles. The zero-order valence-corrected chi connectivity index (χ0v) is 14.4. The fraction of sp³-hybridized carbons (Fsp3) is 0.545. The number of allylic oxidation sites excluding steroid dienone is 2. The third kappa shape index (κ3) is 6.63. The maximum Gasteiger partial charge on any atom is 0.0681 e. The fourth-order valence-electron chi connectivity index (χ4n) is 3.36. The fourth-order valence-corrected chi connectivity index (χ4v) is 3.36. The van der Waals surface area contributed by atoms with Gasteiger partial charge in [-0.3, -0.25) is 0 Å². The Bertz CT molecular complexity index is 521. The van der Waals surface area contributed by atoms with Crippen molar-refractivity contribution in [3.63, 3.8) is 0 Å². The third-order valence-corrected chi connectivity index (χ3v) is 4.91. The summed E-state index contributed by atoms with van der Waals surface area (Å²) in [5.74, 6) is 8.01. The summed E-state index contributed by atoms with van der Waals surface area (Å²) in [6.45, 7) is 2.37. The van der Waals surface area contributed by atoms with Crippen LogP contribution in [0.1, 0.15) is 69.4 Å². The van der Waals surface area contributed by atoms with Gasteiger partial charge in [-0.05, 0) is 61.3 Å². The van der Waals surface area contributed by atoms with E-state index in [1.54, 1.807) is 0 Å². The van der Waals surface area contributed by atoms with Crippen molar-refractivity contribution in [1.29, 1.82) is 0 Å². The van der Waals surface area contributed by atoms with Gasteiger partial charge in [0.1, 0.15) is 0 Å². The molecule has 1 N–H and O–H groups in total. The molecule has 0 atom stereocenters. The van der Waals surface area contributed by atoms with Crippen molar-refractivity contribution in [2.45, 2.75) is 64.9 Å². The summed E-state index contributed by atoms with van der Waals surface area (Å²) in [4.78, 5) is 0. The van der Waals surface area contributed by atoms with Crippen LogP contribution in [0.2, 0.25) is 0 Å². The molecule has 0 aromatic heterocycles. The number of benzene rings is 1. The molecular weight excluding hydrogens is 280 g/mol. The third-order valence-electron chi connectivity index (χ3n) is 4.91. The summed E-state index contributed by atoms with van der Waals surface area (Å²) in [6, 6.07) is 7.78. The minimum absolute atomic E-state index is 0.0920. The van der Waals surface area contributed by atoms with Gasteiger partial charge in [-0.1, -0.05) is 62.7 Å². The molecule has 0 spiro atoms. The van der Waals surface area contributed by atoms with Gasteiger partial charge in [0, 0.05) is 5.56 Å². The number of aliphatic hydroxyl groups is 1. The molecule has 1 aliphatic carbocycles. The van der Waals surface area contributed by atoms with Gasteiger partial charge in [0.25, 0.3) is 0 Å². The first-order chi connectivity index (χ1) is 11.3. The average Bonchev–Trinajstić information content (AvgIpc) is 2.61. The van der Waals surface area contributed by atoms with E-state index in [9.17, 15) is 0 Å². The first-order valence-corrected chi connectivity index (χ1v) is 9.19. The van der Waals surface area contributed by atoms with E-state index >= 15 is 0 Å². The topological polar surface area (TPSA) is 20.2 Å². The van der Waals surface area contributed by atoms with E-state index in [1.165, 1.54) is 51.4 Å². The van der Waals surface area contributed by atoms with Crippen LogP contribution >= 0.6 is 0 Å². The molecule has 124 valence electrons. The van der Waals surface area contributed by atoms with E-state index in [2.05, 4.69) is 24.8 Å². The number of aliphatic hydroxyl groups excluding tert-OH is 1. The van der Waals surface area contributed by atoms with Gasteiger partial charge in [0.2, 0.25) is 0 Å². The quantitative estimate of drug-likeness (QED) is 0.545. The van der Waals surface area contributed by atoms with Crippen molar-refractivity contribution in [3.05, 3.63) is 47.5 Å². The second-order valence-corrected chi connectivity index (χ2v) is 6.76. The Kier molecular flexibility index (Phi) is 7.98. The monoisotopic (exact) mass is 310 g/mol. The number of unbranched alkanes of at least 4 members (excludes halogenated alkanes) is 2. The highest BCUT2D eigenvalue weighted by Gasteiger charge is 2.18. The predicted molar refractivity (Wildman–Crippen MR) is 98.0 cm³/mol. The van der Waals surface area contributed by atoms with Crippen LogP contribution in [0.15, 0.2) is 36.4 Å². The molecule has 1 aliphatic rings. The van der Waals surface area contributed by atoms with Gasteiger partial charge in [0.05, 0.1) is 6.61 Å². The van der Waals surface area contributed by atoms with Gasteiger partial charge in [0.15, 0.2) is 0 Å². The molecule has 0 amide bonds. The smallest absolute Gasteiger partial charge is 0.0681 e. The molecular formula is C22H30O. The lowest BCUT2D eigenvalue weighted by Crippen LogP contribution is -2.12. The highest BCUT2D eigenvalue weighted by Crippen LogP contribution is 2.32. The minimum atomic E-state index is 0.0920. The Balaban J connectivity index is 1.71. The van der Waals surface area contributed by atoms with Crippen molar-refractivity contribution in [1.82, 2.24) is 0 Å². The number of rotatable bonds is 6. The summed E-state index contributed by atoms with van der Waals surface area (Å²) >= 11 is 0. The van der Waals surface area contributed by atoms with Crippen molar-refractivity contribution in [2.75, 3.05) is 0 Å². The van der Waals surface area contributed by atoms with E-state index in [4.69, 9.17) is 5.11 Å². The summed E-state index contributed by atoms with van der Waals surface area (Å²) in [5.41, 5.74) is 1.94. The van der Waals surface area contributed by atoms with Crippen LogP contribution in [0.3, 0.4) is 0 Å². The Morgan fingerprint density at radius 1 is 1.09 bits per heavy atom. The van der Waals surface area contributed by atoms with Gasteiger partial charge in [-0.25, -0.2) is 0 Å².